The summed E-state index contributed by atoms with van der Waals surface area (Å²) in [4.78, 5) is 12.9. The molecule has 0 saturated heterocycles. The number of nitrogens with one attached hydrogen (secondary N) is 2. The van der Waals surface area contributed by atoms with E-state index in [2.05, 4.69) is 72.5 Å². The topological polar surface area (TPSA) is 52.6 Å². The highest BCUT2D eigenvalue weighted by Gasteiger charge is 2.29. The number of thiazole rings is 1. The van der Waals surface area contributed by atoms with Crippen LogP contribution in [0.5, 0.6) is 0 Å². The summed E-state index contributed by atoms with van der Waals surface area (Å²) in [6, 6.07) is 8.80. The van der Waals surface area contributed by atoms with Crippen LogP contribution in [0.1, 0.15) is 41.8 Å². The Labute approximate surface area is 166 Å². The lowest BCUT2D eigenvalue weighted by molar-refractivity contribution is 0.107. The van der Waals surface area contributed by atoms with Gasteiger partial charge in [0.05, 0.1) is 6.54 Å². The lowest BCUT2D eigenvalue weighted by Gasteiger charge is -2.42. The molecule has 0 fully saturated rings. The fourth-order valence-corrected chi connectivity index (χ4v) is 4.10. The van der Waals surface area contributed by atoms with Gasteiger partial charge in [-0.05, 0) is 45.2 Å². The minimum Gasteiger partial charge on any atom is -0.357 e. The van der Waals surface area contributed by atoms with Gasteiger partial charge in [0.25, 0.3) is 0 Å². The van der Waals surface area contributed by atoms with Gasteiger partial charge in [-0.15, -0.1) is 11.3 Å². The molecule has 0 atom stereocenters. The molecule has 0 radical (unpaired) electrons. The molecule has 6 heteroatoms. The highest BCUT2D eigenvalue weighted by atomic mass is 32.1. The highest BCUT2D eigenvalue weighted by Crippen LogP contribution is 2.24. The Hall–Kier alpha value is -1.92. The van der Waals surface area contributed by atoms with Gasteiger partial charge in [0, 0.05) is 42.8 Å². The number of aryl methyl sites for hydroxylation is 1. The molecular formula is C21H31N5S. The molecule has 146 valence electrons. The van der Waals surface area contributed by atoms with Crippen LogP contribution < -0.4 is 10.6 Å². The van der Waals surface area contributed by atoms with E-state index in [4.69, 9.17) is 4.99 Å². The van der Waals surface area contributed by atoms with Crippen LogP contribution in [0.3, 0.4) is 0 Å². The summed E-state index contributed by atoms with van der Waals surface area (Å²) in [5.41, 5.74) is 2.99. The van der Waals surface area contributed by atoms with Crippen LogP contribution in [0.15, 0.2) is 35.5 Å². The normalized spacial score (nSPS) is 15.5. The van der Waals surface area contributed by atoms with E-state index in [0.29, 0.717) is 6.54 Å². The van der Waals surface area contributed by atoms with Crippen molar-refractivity contribution in [3.8, 4) is 0 Å². The summed E-state index contributed by atoms with van der Waals surface area (Å²) in [5, 5.41) is 7.93. The van der Waals surface area contributed by atoms with Crippen molar-refractivity contribution in [2.24, 2.45) is 4.99 Å². The molecule has 5 nitrogen and oxygen atoms in total. The Balaban J connectivity index is 1.60. The van der Waals surface area contributed by atoms with E-state index in [-0.39, 0.29) is 5.54 Å². The van der Waals surface area contributed by atoms with Gasteiger partial charge >= 0.3 is 0 Å². The summed E-state index contributed by atoms with van der Waals surface area (Å²) in [7, 11) is 0. The van der Waals surface area contributed by atoms with E-state index >= 15 is 0 Å². The van der Waals surface area contributed by atoms with Crippen LogP contribution in [-0.4, -0.2) is 41.0 Å². The molecule has 0 unspecified atom stereocenters. The molecule has 2 N–H and O–H groups in total. The SMILES string of the molecule is CCNC(=NCc1ncc(C)s1)NCC(C)(C)N1CCc2ccccc2C1. The van der Waals surface area contributed by atoms with Crippen molar-refractivity contribution in [2.45, 2.75) is 52.7 Å². The van der Waals surface area contributed by atoms with Crippen molar-refractivity contribution in [1.29, 1.82) is 0 Å². The Morgan fingerprint density at radius 1 is 1.26 bits per heavy atom. The zero-order chi connectivity index (χ0) is 19.3. The number of hydrogen-bond donors (Lipinski definition) is 2. The van der Waals surface area contributed by atoms with Gasteiger partial charge in [-0.1, -0.05) is 24.3 Å². The highest BCUT2D eigenvalue weighted by molar-refractivity contribution is 7.11. The molecule has 1 aliphatic rings. The Morgan fingerprint density at radius 2 is 2.04 bits per heavy atom. The van der Waals surface area contributed by atoms with Crippen molar-refractivity contribution >= 4 is 17.3 Å². The number of nitrogens with zero attached hydrogens (tertiary/aromatic N) is 3. The number of aliphatic imine (C=N–C) groups is 1. The predicted molar refractivity (Wildman–Crippen MR) is 114 cm³/mol. The van der Waals surface area contributed by atoms with Crippen molar-refractivity contribution in [1.82, 2.24) is 20.5 Å². The van der Waals surface area contributed by atoms with E-state index in [1.165, 1.54) is 16.0 Å². The summed E-state index contributed by atoms with van der Waals surface area (Å²) < 4.78 is 0. The van der Waals surface area contributed by atoms with Crippen LogP contribution in [-0.2, 0) is 19.5 Å². The van der Waals surface area contributed by atoms with E-state index in [0.717, 1.165) is 43.6 Å². The van der Waals surface area contributed by atoms with E-state index in [9.17, 15) is 0 Å². The minimum absolute atomic E-state index is 0.0431. The molecule has 0 amide bonds. The Bertz CT molecular complexity index is 780. The van der Waals surface area contributed by atoms with Crippen LogP contribution in [0.4, 0.5) is 0 Å². The molecule has 2 heterocycles. The van der Waals surface area contributed by atoms with Gasteiger partial charge in [-0.25, -0.2) is 9.98 Å². The summed E-state index contributed by atoms with van der Waals surface area (Å²) in [5.74, 6) is 0.857. The van der Waals surface area contributed by atoms with Crippen molar-refractivity contribution in [3.63, 3.8) is 0 Å². The fourth-order valence-electron chi connectivity index (χ4n) is 3.39. The van der Waals surface area contributed by atoms with Gasteiger partial charge < -0.3 is 10.6 Å². The Morgan fingerprint density at radius 3 is 2.74 bits per heavy atom. The zero-order valence-electron chi connectivity index (χ0n) is 16.9. The van der Waals surface area contributed by atoms with Crippen LogP contribution in [0.25, 0.3) is 0 Å². The van der Waals surface area contributed by atoms with Crippen LogP contribution >= 0.6 is 11.3 Å². The van der Waals surface area contributed by atoms with E-state index < -0.39 is 0 Å². The Kier molecular flexibility index (Phi) is 6.50. The van der Waals surface area contributed by atoms with Gasteiger partial charge in [-0.2, -0.15) is 0 Å². The smallest absolute Gasteiger partial charge is 0.191 e. The number of aromatic nitrogens is 1. The first kappa shape index (κ1) is 19.8. The average molecular weight is 386 g/mol. The van der Waals surface area contributed by atoms with Crippen LogP contribution in [0, 0.1) is 6.92 Å². The molecular weight excluding hydrogens is 354 g/mol. The number of fused-ring (bicyclic) bond motifs is 1. The predicted octanol–water partition coefficient (Wildman–Crippen LogP) is 3.34. The number of rotatable bonds is 6. The second kappa shape index (κ2) is 8.85. The third-order valence-corrected chi connectivity index (χ3v) is 5.96. The second-order valence-corrected chi connectivity index (χ2v) is 8.99. The van der Waals surface area contributed by atoms with Crippen molar-refractivity contribution < 1.29 is 0 Å². The molecule has 1 aromatic heterocycles. The van der Waals surface area contributed by atoms with Gasteiger partial charge in [0.15, 0.2) is 5.96 Å². The lowest BCUT2D eigenvalue weighted by atomic mass is 9.94. The maximum absolute atomic E-state index is 4.71. The van der Waals surface area contributed by atoms with Crippen LogP contribution in [0.2, 0.25) is 0 Å². The number of hydrogen-bond acceptors (Lipinski definition) is 4. The molecule has 1 aliphatic heterocycles. The second-order valence-electron chi connectivity index (χ2n) is 7.67. The molecule has 27 heavy (non-hydrogen) atoms. The average Bonchev–Trinajstić information content (AvgIpc) is 3.09. The summed E-state index contributed by atoms with van der Waals surface area (Å²) in [6.07, 6.45) is 3.03. The zero-order valence-corrected chi connectivity index (χ0v) is 17.7. The maximum Gasteiger partial charge on any atom is 0.191 e. The monoisotopic (exact) mass is 385 g/mol. The van der Waals surface area contributed by atoms with E-state index in [1.54, 1.807) is 11.3 Å². The third-order valence-electron chi connectivity index (χ3n) is 5.06. The van der Waals surface area contributed by atoms with Crippen molar-refractivity contribution in [2.75, 3.05) is 19.6 Å². The first-order valence-electron chi connectivity index (χ1n) is 9.73. The first-order valence-corrected chi connectivity index (χ1v) is 10.5. The first-order chi connectivity index (χ1) is 13.0. The standard InChI is InChI=1S/C21H31N5S/c1-5-22-20(24-13-19-23-12-16(2)27-19)25-15-21(3,4)26-11-10-17-8-6-7-9-18(17)14-26/h6-9,12H,5,10-11,13-15H2,1-4H3,(H2,22,24,25). The van der Waals surface area contributed by atoms with Gasteiger partial charge in [-0.3, -0.25) is 4.90 Å². The lowest BCUT2D eigenvalue weighted by Crippen LogP contribution is -2.54. The number of benzene rings is 1. The van der Waals surface area contributed by atoms with Gasteiger partial charge in [0.1, 0.15) is 5.01 Å². The molecule has 0 spiro atoms. The third kappa shape index (κ3) is 5.30. The minimum atomic E-state index is 0.0431. The van der Waals surface area contributed by atoms with Gasteiger partial charge in [0.2, 0.25) is 0 Å². The molecule has 0 saturated carbocycles. The largest absolute Gasteiger partial charge is 0.357 e. The fraction of sp³-hybridized carbons (Fsp3) is 0.524. The van der Waals surface area contributed by atoms with E-state index in [1.807, 2.05) is 6.20 Å². The molecule has 3 rings (SSSR count). The summed E-state index contributed by atoms with van der Waals surface area (Å²) >= 11 is 1.71. The maximum atomic E-state index is 4.71. The van der Waals surface area contributed by atoms with Crippen molar-refractivity contribution in [3.05, 3.63) is 51.5 Å². The molecule has 0 bridgehead atoms. The molecule has 2 aromatic rings. The molecule has 1 aromatic carbocycles. The quantitative estimate of drug-likeness (QED) is 0.591. The number of guanidine groups is 1. The molecule has 0 aliphatic carbocycles. The summed E-state index contributed by atoms with van der Waals surface area (Å²) in [6.45, 7) is 13.2.